The summed E-state index contributed by atoms with van der Waals surface area (Å²) in [6.45, 7) is 0.472. The van der Waals surface area contributed by atoms with Crippen LogP contribution < -0.4 is 10.0 Å². The van der Waals surface area contributed by atoms with Gasteiger partial charge in [0.2, 0.25) is 10.0 Å². The van der Waals surface area contributed by atoms with Crippen molar-refractivity contribution in [2.45, 2.75) is 11.3 Å². The number of hydrogen-bond acceptors (Lipinski definition) is 3. The largest absolute Gasteiger partial charge is 0.361 e. The van der Waals surface area contributed by atoms with E-state index in [0.29, 0.717) is 18.5 Å². The molecule has 0 aliphatic rings. The summed E-state index contributed by atoms with van der Waals surface area (Å²) in [7, 11) is -2.04. The number of benzene rings is 2. The van der Waals surface area contributed by atoms with E-state index in [4.69, 9.17) is 0 Å². The van der Waals surface area contributed by atoms with Crippen LogP contribution in [0.3, 0.4) is 0 Å². The van der Waals surface area contributed by atoms with Crippen molar-refractivity contribution in [2.75, 3.05) is 13.6 Å². The van der Waals surface area contributed by atoms with Crippen LogP contribution in [0.2, 0.25) is 0 Å². The first-order valence-electron chi connectivity index (χ1n) is 7.87. The molecule has 0 saturated carbocycles. The van der Waals surface area contributed by atoms with Gasteiger partial charge >= 0.3 is 0 Å². The van der Waals surface area contributed by atoms with Crippen LogP contribution in [-0.2, 0) is 16.4 Å². The second-order valence-corrected chi connectivity index (χ2v) is 7.52. The lowest BCUT2D eigenvalue weighted by Gasteiger charge is -2.07. The molecule has 6 nitrogen and oxygen atoms in total. The minimum atomic E-state index is -3.42. The first kappa shape index (κ1) is 17.2. The highest BCUT2D eigenvalue weighted by molar-refractivity contribution is 7.89. The van der Waals surface area contributed by atoms with Gasteiger partial charge in [0, 0.05) is 23.8 Å². The maximum Gasteiger partial charge on any atom is 0.251 e. The van der Waals surface area contributed by atoms with Crippen molar-refractivity contribution in [3.8, 4) is 0 Å². The van der Waals surface area contributed by atoms with Crippen LogP contribution in [0.5, 0.6) is 0 Å². The first-order chi connectivity index (χ1) is 12.0. The Kier molecular flexibility index (Phi) is 4.87. The Bertz CT molecular complexity index is 992. The van der Waals surface area contributed by atoms with Crippen molar-refractivity contribution in [1.29, 1.82) is 0 Å². The quantitative estimate of drug-likeness (QED) is 0.630. The van der Waals surface area contributed by atoms with Crippen molar-refractivity contribution in [3.05, 3.63) is 65.9 Å². The Balaban J connectivity index is 1.58. The minimum absolute atomic E-state index is 0.133. The summed E-state index contributed by atoms with van der Waals surface area (Å²) in [6.07, 6.45) is 2.46. The van der Waals surface area contributed by atoms with E-state index >= 15 is 0 Å². The number of carbonyl (C=O) groups is 1. The third kappa shape index (κ3) is 3.89. The van der Waals surface area contributed by atoms with Crippen molar-refractivity contribution in [3.63, 3.8) is 0 Å². The molecule has 0 bridgehead atoms. The molecular formula is C18H19N3O3S. The Morgan fingerprint density at radius 3 is 2.56 bits per heavy atom. The molecule has 0 aliphatic carbocycles. The van der Waals surface area contributed by atoms with Crippen molar-refractivity contribution in [2.24, 2.45) is 0 Å². The van der Waals surface area contributed by atoms with Crippen LogP contribution in [-0.4, -0.2) is 32.9 Å². The highest BCUT2D eigenvalue weighted by atomic mass is 32.2. The van der Waals surface area contributed by atoms with Crippen LogP contribution in [0.1, 0.15) is 15.9 Å². The summed E-state index contributed by atoms with van der Waals surface area (Å²) in [4.78, 5) is 15.5. The van der Waals surface area contributed by atoms with Crippen molar-refractivity contribution in [1.82, 2.24) is 15.0 Å². The lowest BCUT2D eigenvalue weighted by molar-refractivity contribution is 0.0954. The van der Waals surface area contributed by atoms with Gasteiger partial charge in [-0.15, -0.1) is 0 Å². The van der Waals surface area contributed by atoms with E-state index in [0.717, 1.165) is 16.5 Å². The van der Waals surface area contributed by atoms with E-state index in [2.05, 4.69) is 15.0 Å². The van der Waals surface area contributed by atoms with E-state index in [9.17, 15) is 13.2 Å². The maximum atomic E-state index is 12.2. The molecule has 3 rings (SSSR count). The number of aromatic nitrogens is 1. The van der Waals surface area contributed by atoms with Crippen LogP contribution in [0.25, 0.3) is 10.9 Å². The maximum absolute atomic E-state index is 12.2. The number of nitrogens with one attached hydrogen (secondary N) is 3. The molecule has 0 spiro atoms. The molecule has 7 heteroatoms. The average Bonchev–Trinajstić information content (AvgIpc) is 3.09. The average molecular weight is 357 g/mol. The summed E-state index contributed by atoms with van der Waals surface area (Å²) in [6, 6.07) is 14.1. The van der Waals surface area contributed by atoms with Gasteiger partial charge in [0.1, 0.15) is 0 Å². The van der Waals surface area contributed by atoms with E-state index in [1.807, 2.05) is 24.4 Å². The lowest BCUT2D eigenvalue weighted by Crippen LogP contribution is -2.25. The second kappa shape index (κ2) is 7.08. The Labute approximate surface area is 146 Å². The van der Waals surface area contributed by atoms with E-state index < -0.39 is 10.0 Å². The smallest absolute Gasteiger partial charge is 0.251 e. The number of rotatable bonds is 6. The highest BCUT2D eigenvalue weighted by Crippen LogP contribution is 2.14. The molecule has 3 N–H and O–H groups in total. The summed E-state index contributed by atoms with van der Waals surface area (Å²) >= 11 is 0. The van der Waals surface area contributed by atoms with Crippen molar-refractivity contribution >= 4 is 26.8 Å². The van der Waals surface area contributed by atoms with Crippen LogP contribution in [0.4, 0.5) is 0 Å². The molecule has 0 aliphatic heterocycles. The fraction of sp³-hybridized carbons (Fsp3) is 0.167. The zero-order valence-corrected chi connectivity index (χ0v) is 14.6. The summed E-state index contributed by atoms with van der Waals surface area (Å²) in [5.41, 5.74) is 2.48. The van der Waals surface area contributed by atoms with Gasteiger partial charge in [-0.3, -0.25) is 4.79 Å². The molecule has 25 heavy (non-hydrogen) atoms. The van der Waals surface area contributed by atoms with Gasteiger partial charge in [-0.2, -0.15) is 0 Å². The van der Waals surface area contributed by atoms with Crippen LogP contribution in [0, 0.1) is 0 Å². The summed E-state index contributed by atoms with van der Waals surface area (Å²) < 4.78 is 25.6. The molecule has 1 heterocycles. The molecule has 0 saturated heterocycles. The summed E-state index contributed by atoms with van der Waals surface area (Å²) in [5.74, 6) is -0.133. The van der Waals surface area contributed by atoms with E-state index in [-0.39, 0.29) is 10.8 Å². The Morgan fingerprint density at radius 2 is 1.84 bits per heavy atom. The number of H-pyrrole nitrogens is 1. The number of aromatic amines is 1. The van der Waals surface area contributed by atoms with Gasteiger partial charge in [0.25, 0.3) is 5.91 Å². The minimum Gasteiger partial charge on any atom is -0.361 e. The first-order valence-corrected chi connectivity index (χ1v) is 9.36. The topological polar surface area (TPSA) is 91.1 Å². The second-order valence-electron chi connectivity index (χ2n) is 5.64. The van der Waals surface area contributed by atoms with Crippen molar-refractivity contribution < 1.29 is 13.2 Å². The fourth-order valence-electron chi connectivity index (χ4n) is 2.56. The van der Waals surface area contributed by atoms with Gasteiger partial charge in [-0.1, -0.05) is 18.2 Å². The SMILES string of the molecule is CNS(=O)(=O)c1ccc(CCNC(=O)c2ccc3cc[nH]c3c2)cc1. The number of fused-ring (bicyclic) bond motifs is 1. The molecular weight excluding hydrogens is 338 g/mol. The molecule has 2 aromatic carbocycles. The van der Waals surface area contributed by atoms with E-state index in [1.54, 1.807) is 30.3 Å². The number of sulfonamides is 1. The molecule has 1 amide bonds. The lowest BCUT2D eigenvalue weighted by atomic mass is 10.1. The monoisotopic (exact) mass is 357 g/mol. The van der Waals surface area contributed by atoms with Gasteiger partial charge in [0.15, 0.2) is 0 Å². The van der Waals surface area contributed by atoms with Gasteiger partial charge in [-0.25, -0.2) is 13.1 Å². The zero-order valence-electron chi connectivity index (χ0n) is 13.7. The number of carbonyl (C=O) groups excluding carboxylic acids is 1. The van der Waals surface area contributed by atoms with Gasteiger partial charge < -0.3 is 10.3 Å². The summed E-state index contributed by atoms with van der Waals surface area (Å²) in [5, 5.41) is 3.94. The zero-order chi connectivity index (χ0) is 17.9. The molecule has 130 valence electrons. The predicted molar refractivity (Wildman–Crippen MR) is 97.0 cm³/mol. The van der Waals surface area contributed by atoms with Crippen LogP contribution in [0.15, 0.2) is 59.6 Å². The molecule has 3 aromatic rings. The Hall–Kier alpha value is -2.64. The molecule has 1 aromatic heterocycles. The Morgan fingerprint density at radius 1 is 1.08 bits per heavy atom. The predicted octanol–water partition coefficient (Wildman–Crippen LogP) is 2.05. The molecule has 0 unspecified atom stereocenters. The number of amides is 1. The standard InChI is InChI=1S/C18H19N3O3S/c1-19-25(23,24)16-6-2-13(3-7-16)8-10-21-18(22)15-5-4-14-9-11-20-17(14)12-15/h2-7,9,11-12,19-20H,8,10H2,1H3,(H,21,22). The highest BCUT2D eigenvalue weighted by Gasteiger charge is 2.10. The third-order valence-electron chi connectivity index (χ3n) is 4.02. The molecule has 0 radical (unpaired) electrons. The number of hydrogen-bond donors (Lipinski definition) is 3. The van der Waals surface area contributed by atoms with Gasteiger partial charge in [0.05, 0.1) is 4.90 Å². The molecule has 0 fully saturated rings. The van der Waals surface area contributed by atoms with Gasteiger partial charge in [-0.05, 0) is 54.8 Å². The normalized spacial score (nSPS) is 11.6. The molecule has 0 atom stereocenters. The van der Waals surface area contributed by atoms with Crippen LogP contribution >= 0.6 is 0 Å². The fourth-order valence-corrected chi connectivity index (χ4v) is 3.29. The van der Waals surface area contributed by atoms with E-state index in [1.165, 1.54) is 7.05 Å². The third-order valence-corrected chi connectivity index (χ3v) is 5.45.